The van der Waals surface area contributed by atoms with Gasteiger partial charge in [-0.3, -0.25) is 4.79 Å². The summed E-state index contributed by atoms with van der Waals surface area (Å²) in [5.41, 5.74) is 1.06. The molecule has 1 amide bonds. The molecule has 2 aromatic carbocycles. The summed E-state index contributed by atoms with van der Waals surface area (Å²) < 4.78 is 22.3. The Morgan fingerprint density at radius 3 is 2.89 bits per heavy atom. The largest absolute Gasteiger partial charge is 0.493 e. The first-order valence-corrected chi connectivity index (χ1v) is 10.3. The number of ether oxygens (including phenoxy) is 4. The van der Waals surface area contributed by atoms with Crippen molar-refractivity contribution in [2.24, 2.45) is 0 Å². The molecule has 0 aromatic heterocycles. The number of nitrogens with one attached hydrogen (secondary N) is 1. The van der Waals surface area contributed by atoms with Crippen molar-refractivity contribution >= 4 is 17.7 Å². The number of carbonyl (C=O) groups excluding carboxylic acids is 1. The van der Waals surface area contributed by atoms with Crippen LogP contribution in [-0.4, -0.2) is 44.6 Å². The Kier molecular flexibility index (Phi) is 5.81. The van der Waals surface area contributed by atoms with E-state index in [4.69, 9.17) is 18.9 Å². The summed E-state index contributed by atoms with van der Waals surface area (Å²) in [6.45, 7) is 1.61. The highest BCUT2D eigenvalue weighted by atomic mass is 32.2. The number of amides is 1. The molecule has 0 saturated heterocycles. The summed E-state index contributed by atoms with van der Waals surface area (Å²) in [7, 11) is 1.63. The molecule has 2 heterocycles. The SMILES string of the molecule is COc1cccc2c1OCC(NC(=O)CCSc1ccc3c(c1)OCCO3)C2. The first-order valence-electron chi connectivity index (χ1n) is 9.33. The maximum atomic E-state index is 12.3. The topological polar surface area (TPSA) is 66.0 Å². The van der Waals surface area contributed by atoms with Crippen LogP contribution < -0.4 is 24.3 Å². The molecule has 28 heavy (non-hydrogen) atoms. The van der Waals surface area contributed by atoms with Gasteiger partial charge in [-0.1, -0.05) is 12.1 Å². The van der Waals surface area contributed by atoms with E-state index in [-0.39, 0.29) is 11.9 Å². The molecule has 1 unspecified atom stereocenters. The van der Waals surface area contributed by atoms with Crippen molar-refractivity contribution in [3.8, 4) is 23.0 Å². The van der Waals surface area contributed by atoms with Crippen LogP contribution >= 0.6 is 11.8 Å². The molecule has 0 fully saturated rings. The maximum absolute atomic E-state index is 12.3. The summed E-state index contributed by atoms with van der Waals surface area (Å²) in [6.07, 6.45) is 1.19. The number of hydrogen-bond donors (Lipinski definition) is 1. The lowest BCUT2D eigenvalue weighted by molar-refractivity contribution is -0.121. The van der Waals surface area contributed by atoms with Gasteiger partial charge in [0.15, 0.2) is 23.0 Å². The van der Waals surface area contributed by atoms with Crippen molar-refractivity contribution < 1.29 is 23.7 Å². The third-order valence-corrected chi connectivity index (χ3v) is 5.65. The smallest absolute Gasteiger partial charge is 0.221 e. The van der Waals surface area contributed by atoms with Crippen molar-refractivity contribution in [1.29, 1.82) is 0 Å². The molecule has 2 aliphatic rings. The highest BCUT2D eigenvalue weighted by Gasteiger charge is 2.23. The highest BCUT2D eigenvalue weighted by molar-refractivity contribution is 7.99. The van der Waals surface area contributed by atoms with E-state index in [9.17, 15) is 4.79 Å². The van der Waals surface area contributed by atoms with Gasteiger partial charge in [-0.2, -0.15) is 0 Å². The van der Waals surface area contributed by atoms with E-state index in [2.05, 4.69) is 5.32 Å². The Hall–Kier alpha value is -2.54. The third kappa shape index (κ3) is 4.30. The van der Waals surface area contributed by atoms with E-state index < -0.39 is 0 Å². The van der Waals surface area contributed by atoms with Crippen molar-refractivity contribution in [2.45, 2.75) is 23.8 Å². The van der Waals surface area contributed by atoms with Crippen LogP contribution in [0.4, 0.5) is 0 Å². The Labute approximate surface area is 168 Å². The highest BCUT2D eigenvalue weighted by Crippen LogP contribution is 2.35. The van der Waals surface area contributed by atoms with Crippen molar-refractivity contribution in [3.05, 3.63) is 42.0 Å². The summed E-state index contributed by atoms with van der Waals surface area (Å²) in [5.74, 6) is 3.80. The standard InChI is InChI=1S/C21H23NO5S/c1-24-18-4-2-3-14-11-15(13-27-21(14)18)22-20(23)7-10-28-16-5-6-17-19(12-16)26-9-8-25-17/h2-6,12,15H,7-11,13H2,1H3,(H,22,23). The normalized spacial score (nSPS) is 17.2. The summed E-state index contributed by atoms with van der Waals surface area (Å²) in [6, 6.07) is 11.7. The number of carbonyl (C=O) groups is 1. The van der Waals surface area contributed by atoms with E-state index in [1.807, 2.05) is 36.4 Å². The maximum Gasteiger partial charge on any atom is 0.221 e. The first-order chi connectivity index (χ1) is 13.7. The monoisotopic (exact) mass is 401 g/mol. The number of rotatable bonds is 6. The second kappa shape index (κ2) is 8.65. The zero-order valence-electron chi connectivity index (χ0n) is 15.7. The summed E-state index contributed by atoms with van der Waals surface area (Å²) >= 11 is 1.63. The van der Waals surface area contributed by atoms with Gasteiger partial charge < -0.3 is 24.3 Å². The first kappa shape index (κ1) is 18.8. The molecule has 0 spiro atoms. The van der Waals surface area contributed by atoms with Crippen molar-refractivity contribution in [2.75, 3.05) is 32.7 Å². The lowest BCUT2D eigenvalue weighted by atomic mass is 10.0. The second-order valence-electron chi connectivity index (χ2n) is 6.63. The molecular weight excluding hydrogens is 378 g/mol. The lowest BCUT2D eigenvalue weighted by Crippen LogP contribution is -2.42. The van der Waals surface area contributed by atoms with Gasteiger partial charge in [0.2, 0.25) is 5.91 Å². The van der Waals surface area contributed by atoms with E-state index in [1.54, 1.807) is 18.9 Å². The molecule has 4 rings (SSSR count). The Morgan fingerprint density at radius 1 is 1.18 bits per heavy atom. The van der Waals surface area contributed by atoms with Crippen LogP contribution in [0.5, 0.6) is 23.0 Å². The Balaban J connectivity index is 1.25. The Morgan fingerprint density at radius 2 is 2.04 bits per heavy atom. The van der Waals surface area contributed by atoms with Gasteiger partial charge in [0.1, 0.15) is 19.8 Å². The van der Waals surface area contributed by atoms with Crippen molar-refractivity contribution in [1.82, 2.24) is 5.32 Å². The van der Waals surface area contributed by atoms with E-state index in [0.717, 1.165) is 39.9 Å². The zero-order valence-corrected chi connectivity index (χ0v) is 16.6. The minimum atomic E-state index is -0.0219. The number of fused-ring (bicyclic) bond motifs is 2. The molecular formula is C21H23NO5S. The van der Waals surface area contributed by atoms with Gasteiger partial charge in [0.25, 0.3) is 0 Å². The van der Waals surface area contributed by atoms with Crippen LogP contribution in [-0.2, 0) is 11.2 Å². The average Bonchev–Trinajstić information content (AvgIpc) is 2.73. The van der Waals surface area contributed by atoms with Gasteiger partial charge in [-0.05, 0) is 30.7 Å². The van der Waals surface area contributed by atoms with Crippen molar-refractivity contribution in [3.63, 3.8) is 0 Å². The summed E-state index contributed by atoms with van der Waals surface area (Å²) in [4.78, 5) is 13.4. The Bertz CT molecular complexity index is 857. The van der Waals surface area contributed by atoms with Crippen LogP contribution in [0.15, 0.2) is 41.3 Å². The molecule has 0 saturated carbocycles. The number of methoxy groups -OCH3 is 1. The number of thioether (sulfide) groups is 1. The second-order valence-corrected chi connectivity index (χ2v) is 7.80. The molecule has 7 heteroatoms. The van der Waals surface area contributed by atoms with Gasteiger partial charge in [0.05, 0.1) is 13.2 Å². The molecule has 0 radical (unpaired) electrons. The predicted molar refractivity (Wildman–Crippen MR) is 107 cm³/mol. The minimum absolute atomic E-state index is 0.0219. The van der Waals surface area contributed by atoms with E-state index >= 15 is 0 Å². The fourth-order valence-corrected chi connectivity index (χ4v) is 4.20. The molecule has 2 aliphatic heterocycles. The average molecular weight is 401 g/mol. The number of para-hydroxylation sites is 1. The van der Waals surface area contributed by atoms with E-state index in [0.29, 0.717) is 32.0 Å². The van der Waals surface area contributed by atoms with Gasteiger partial charge in [-0.15, -0.1) is 11.8 Å². The van der Waals surface area contributed by atoms with Crippen LogP contribution in [0.25, 0.3) is 0 Å². The molecule has 6 nitrogen and oxygen atoms in total. The molecule has 0 bridgehead atoms. The molecule has 2 aromatic rings. The fourth-order valence-electron chi connectivity index (χ4n) is 3.32. The minimum Gasteiger partial charge on any atom is -0.493 e. The number of benzene rings is 2. The lowest BCUT2D eigenvalue weighted by Gasteiger charge is -2.27. The quantitative estimate of drug-likeness (QED) is 0.751. The third-order valence-electron chi connectivity index (χ3n) is 4.65. The van der Waals surface area contributed by atoms with Crippen LogP contribution in [0.1, 0.15) is 12.0 Å². The van der Waals surface area contributed by atoms with Crippen LogP contribution in [0.2, 0.25) is 0 Å². The summed E-state index contributed by atoms with van der Waals surface area (Å²) in [5, 5.41) is 3.07. The van der Waals surface area contributed by atoms with Gasteiger partial charge in [0, 0.05) is 22.6 Å². The number of hydrogen-bond acceptors (Lipinski definition) is 6. The predicted octanol–water partition coefficient (Wildman–Crippen LogP) is 3.07. The van der Waals surface area contributed by atoms with E-state index in [1.165, 1.54) is 0 Å². The van der Waals surface area contributed by atoms with Crippen LogP contribution in [0.3, 0.4) is 0 Å². The van der Waals surface area contributed by atoms with Crippen LogP contribution in [0, 0.1) is 0 Å². The molecule has 1 atom stereocenters. The van der Waals surface area contributed by atoms with Gasteiger partial charge in [-0.25, -0.2) is 0 Å². The molecule has 0 aliphatic carbocycles. The molecule has 1 N–H and O–H groups in total. The molecule has 148 valence electrons. The van der Waals surface area contributed by atoms with Gasteiger partial charge >= 0.3 is 0 Å². The fraction of sp³-hybridized carbons (Fsp3) is 0.381. The zero-order chi connectivity index (χ0) is 19.3.